The zero-order valence-corrected chi connectivity index (χ0v) is 8.22. The number of aliphatic hydroxyl groups excluding tert-OH is 1. The van der Waals surface area contributed by atoms with Crippen LogP contribution < -0.4 is 0 Å². The largest absolute Gasteiger partial charge is 0.385 e. The molecule has 1 aliphatic carbocycles. The molecule has 2 nitrogen and oxygen atoms in total. The van der Waals surface area contributed by atoms with Gasteiger partial charge in [-0.2, -0.15) is 0 Å². The molecule has 0 aromatic carbocycles. The second kappa shape index (κ2) is 3.01. The molecule has 1 aliphatic rings. The van der Waals surface area contributed by atoms with Gasteiger partial charge in [0, 0.05) is 16.6 Å². The highest BCUT2D eigenvalue weighted by atomic mass is 16.3. The Morgan fingerprint density at radius 3 is 2.62 bits per heavy atom. The van der Waals surface area contributed by atoms with Crippen LogP contribution in [0.15, 0.2) is 11.1 Å². The van der Waals surface area contributed by atoms with E-state index in [0.29, 0.717) is 12.0 Å². The van der Waals surface area contributed by atoms with E-state index >= 15 is 0 Å². The zero-order chi connectivity index (χ0) is 10.2. The Labute approximate surface area is 78.6 Å². The summed E-state index contributed by atoms with van der Waals surface area (Å²) in [7, 11) is 0. The van der Waals surface area contributed by atoms with Gasteiger partial charge in [-0.1, -0.05) is 19.8 Å². The summed E-state index contributed by atoms with van der Waals surface area (Å²) in [4.78, 5) is 11.4. The van der Waals surface area contributed by atoms with Crippen molar-refractivity contribution in [3.63, 3.8) is 0 Å². The number of terminal acetylenes is 1. The van der Waals surface area contributed by atoms with E-state index in [2.05, 4.69) is 5.92 Å². The van der Waals surface area contributed by atoms with Gasteiger partial charge >= 0.3 is 0 Å². The molecule has 1 atom stereocenters. The minimum Gasteiger partial charge on any atom is -0.385 e. The normalized spacial score (nSPS) is 27.3. The molecule has 1 rings (SSSR count). The number of hydrogen-bond acceptors (Lipinski definition) is 2. The van der Waals surface area contributed by atoms with E-state index in [1.807, 2.05) is 13.8 Å². The number of hydrogen-bond donors (Lipinski definition) is 1. The van der Waals surface area contributed by atoms with Gasteiger partial charge in [-0.05, 0) is 13.3 Å². The fourth-order valence-corrected chi connectivity index (χ4v) is 1.86. The lowest BCUT2D eigenvalue weighted by molar-refractivity contribution is -0.125. The summed E-state index contributed by atoms with van der Waals surface area (Å²) < 4.78 is 0. The predicted molar refractivity (Wildman–Crippen MR) is 50.9 cm³/mol. The molecule has 0 saturated carbocycles. The maximum Gasteiger partial charge on any atom is 0.187 e. The van der Waals surface area contributed by atoms with Gasteiger partial charge in [0.05, 0.1) is 0 Å². The van der Waals surface area contributed by atoms with Crippen molar-refractivity contribution < 1.29 is 9.90 Å². The molecule has 1 unspecified atom stereocenters. The molecule has 0 saturated heterocycles. The van der Waals surface area contributed by atoms with Gasteiger partial charge in [0.15, 0.2) is 5.78 Å². The van der Waals surface area contributed by atoms with Crippen molar-refractivity contribution in [2.75, 3.05) is 0 Å². The number of carbonyl (C=O) groups is 1. The van der Waals surface area contributed by atoms with Crippen molar-refractivity contribution in [1.29, 1.82) is 0 Å². The van der Waals surface area contributed by atoms with Gasteiger partial charge in [0.1, 0.15) is 6.10 Å². The zero-order valence-electron chi connectivity index (χ0n) is 8.22. The Balaban J connectivity index is 3.26. The van der Waals surface area contributed by atoms with Crippen molar-refractivity contribution in [3.05, 3.63) is 11.1 Å². The lowest BCUT2D eigenvalue weighted by Crippen LogP contribution is -2.35. The van der Waals surface area contributed by atoms with Crippen LogP contribution in [0.4, 0.5) is 0 Å². The minimum atomic E-state index is -0.882. The van der Waals surface area contributed by atoms with E-state index in [-0.39, 0.29) is 11.2 Å². The molecule has 2 heteroatoms. The second-order valence-electron chi connectivity index (χ2n) is 4.11. The minimum absolute atomic E-state index is 0.229. The average molecular weight is 178 g/mol. The van der Waals surface area contributed by atoms with Crippen LogP contribution in [0.2, 0.25) is 0 Å². The summed E-state index contributed by atoms with van der Waals surface area (Å²) in [6, 6.07) is 0. The van der Waals surface area contributed by atoms with Gasteiger partial charge < -0.3 is 5.11 Å². The highest BCUT2D eigenvalue weighted by Crippen LogP contribution is 2.38. The van der Waals surface area contributed by atoms with Crippen LogP contribution in [0.3, 0.4) is 0 Å². The highest BCUT2D eigenvalue weighted by Gasteiger charge is 2.36. The molecular formula is C11H14O2. The Hall–Kier alpha value is -1.07. The van der Waals surface area contributed by atoms with Crippen LogP contribution in [0, 0.1) is 17.8 Å². The molecule has 0 heterocycles. The Morgan fingerprint density at radius 2 is 2.15 bits per heavy atom. The standard InChI is InChI=1S/C11H14O2/c1-5-8-7(2)10(13)9(12)6-11(8,3)4/h1,9,12H,6H2,2-4H3. The lowest BCUT2D eigenvalue weighted by atomic mass is 9.71. The molecule has 0 aliphatic heterocycles. The molecule has 0 aromatic rings. The van der Waals surface area contributed by atoms with Crippen molar-refractivity contribution in [2.24, 2.45) is 5.41 Å². The maximum absolute atomic E-state index is 11.4. The van der Waals surface area contributed by atoms with Gasteiger partial charge in [0.2, 0.25) is 0 Å². The third-order valence-corrected chi connectivity index (χ3v) is 2.57. The molecule has 0 aromatic heterocycles. The van der Waals surface area contributed by atoms with E-state index in [1.165, 1.54) is 0 Å². The Kier molecular flexibility index (Phi) is 2.32. The molecule has 1 N–H and O–H groups in total. The van der Waals surface area contributed by atoms with E-state index in [9.17, 15) is 9.90 Å². The van der Waals surface area contributed by atoms with Crippen LogP contribution in [0.1, 0.15) is 27.2 Å². The number of Topliss-reactive ketones (excluding diaryl/α,β-unsaturated/α-hetero) is 1. The SMILES string of the molecule is C#CC1=C(C)C(=O)C(O)CC1(C)C. The van der Waals surface area contributed by atoms with Gasteiger partial charge in [-0.15, -0.1) is 6.42 Å². The van der Waals surface area contributed by atoms with Crippen LogP contribution >= 0.6 is 0 Å². The lowest BCUT2D eigenvalue weighted by Gasteiger charge is -2.33. The average Bonchev–Trinajstić information content (AvgIpc) is 2.00. The summed E-state index contributed by atoms with van der Waals surface area (Å²) in [5.74, 6) is 2.31. The van der Waals surface area contributed by atoms with Crippen LogP contribution in [0.5, 0.6) is 0 Å². The maximum atomic E-state index is 11.4. The van der Waals surface area contributed by atoms with Gasteiger partial charge in [-0.25, -0.2) is 0 Å². The van der Waals surface area contributed by atoms with E-state index in [1.54, 1.807) is 6.92 Å². The molecule has 0 radical (unpaired) electrons. The van der Waals surface area contributed by atoms with Crippen LogP contribution in [-0.2, 0) is 4.79 Å². The summed E-state index contributed by atoms with van der Waals surface area (Å²) in [5, 5.41) is 9.44. The van der Waals surface area contributed by atoms with Gasteiger partial charge in [-0.3, -0.25) is 4.79 Å². The molecule has 13 heavy (non-hydrogen) atoms. The third kappa shape index (κ3) is 1.52. The van der Waals surface area contributed by atoms with Gasteiger partial charge in [0.25, 0.3) is 0 Å². The Bertz CT molecular complexity index is 315. The Morgan fingerprint density at radius 1 is 1.62 bits per heavy atom. The van der Waals surface area contributed by atoms with Crippen molar-refractivity contribution in [2.45, 2.75) is 33.3 Å². The van der Waals surface area contributed by atoms with E-state index in [0.717, 1.165) is 5.57 Å². The summed E-state index contributed by atoms with van der Waals surface area (Å²) >= 11 is 0. The molecule has 0 amide bonds. The first-order chi connectivity index (χ1) is 5.90. The summed E-state index contributed by atoms with van der Waals surface area (Å²) in [5.41, 5.74) is 1.00. The van der Waals surface area contributed by atoms with E-state index in [4.69, 9.17) is 6.42 Å². The first-order valence-corrected chi connectivity index (χ1v) is 4.30. The third-order valence-electron chi connectivity index (χ3n) is 2.57. The van der Waals surface area contributed by atoms with Crippen LogP contribution in [-0.4, -0.2) is 17.0 Å². The summed E-state index contributed by atoms with van der Waals surface area (Å²) in [6.45, 7) is 5.57. The number of rotatable bonds is 0. The fourth-order valence-electron chi connectivity index (χ4n) is 1.86. The topological polar surface area (TPSA) is 37.3 Å². The number of carbonyl (C=O) groups excluding carboxylic acids is 1. The monoisotopic (exact) mass is 178 g/mol. The quantitative estimate of drug-likeness (QED) is 0.568. The second-order valence-corrected chi connectivity index (χ2v) is 4.11. The molecular weight excluding hydrogens is 164 g/mol. The molecule has 70 valence electrons. The van der Waals surface area contributed by atoms with Crippen molar-refractivity contribution >= 4 is 5.78 Å². The number of allylic oxidation sites excluding steroid dienone is 1. The van der Waals surface area contributed by atoms with E-state index < -0.39 is 6.10 Å². The fraction of sp³-hybridized carbons (Fsp3) is 0.545. The molecule has 0 fully saturated rings. The first-order valence-electron chi connectivity index (χ1n) is 4.30. The predicted octanol–water partition coefficient (Wildman–Crippen LogP) is 1.30. The summed E-state index contributed by atoms with van der Waals surface area (Å²) in [6.07, 6.45) is 4.87. The van der Waals surface area contributed by atoms with Crippen LogP contribution in [0.25, 0.3) is 0 Å². The number of ketones is 1. The highest BCUT2D eigenvalue weighted by molar-refractivity contribution is 6.00. The first kappa shape index (κ1) is 10.0. The smallest absolute Gasteiger partial charge is 0.187 e. The molecule has 0 spiro atoms. The number of aliphatic hydroxyl groups is 1. The molecule has 0 bridgehead atoms. The van der Waals surface area contributed by atoms with Crippen molar-refractivity contribution in [1.82, 2.24) is 0 Å². The van der Waals surface area contributed by atoms with Crippen molar-refractivity contribution in [3.8, 4) is 12.3 Å².